The van der Waals surface area contributed by atoms with E-state index in [2.05, 4.69) is 212 Å². The highest BCUT2D eigenvalue weighted by atomic mass is 14.9. The number of unbranched alkanes of at least 4 members (excludes halogenated alkanes) is 1. The number of aryl methyl sites for hydroxylation is 1. The Morgan fingerprint density at radius 1 is 0.536 bits per heavy atom. The molecular weight excluding hydrogens is 830 g/mol. The molecule has 0 N–H and O–H groups in total. The Labute approximate surface area is 409 Å². The van der Waals surface area contributed by atoms with Crippen LogP contribution in [-0.4, -0.2) is 11.3 Å². The van der Waals surface area contributed by atoms with Gasteiger partial charge in [0.25, 0.3) is 0 Å². The van der Waals surface area contributed by atoms with Crippen LogP contribution < -0.4 is 5.46 Å². The zero-order valence-electron chi connectivity index (χ0n) is 42.0. The molecule has 1 nitrogen and oxygen atoms in total. The van der Waals surface area contributed by atoms with Gasteiger partial charge in [0.2, 0.25) is 0 Å². The zero-order valence-corrected chi connectivity index (χ0v) is 42.0. The molecule has 2 heteroatoms. The molecular formula is C67H62BN. The molecule has 0 fully saturated rings. The molecule has 0 saturated heterocycles. The number of allylic oxidation sites excluding steroid dienone is 2. The molecule has 0 amide bonds. The quantitative estimate of drug-likeness (QED) is 0.152. The van der Waals surface area contributed by atoms with Crippen molar-refractivity contribution in [2.24, 2.45) is 0 Å². The number of hydrogen-bond donors (Lipinski definition) is 0. The first kappa shape index (κ1) is 41.6. The lowest BCUT2D eigenvalue weighted by atomic mass is 9.37. The van der Waals surface area contributed by atoms with Crippen molar-refractivity contribution in [3.8, 4) is 33.4 Å². The summed E-state index contributed by atoms with van der Waals surface area (Å²) >= 11 is 0. The molecule has 1 unspecified atom stereocenters. The second kappa shape index (κ2) is 13.9. The monoisotopic (exact) mass is 891 g/mol. The van der Waals surface area contributed by atoms with Crippen LogP contribution in [0.25, 0.3) is 71.5 Å². The lowest BCUT2D eigenvalue weighted by molar-refractivity contribution is 0.331. The Bertz CT molecular complexity index is 3770. The van der Waals surface area contributed by atoms with Gasteiger partial charge in [-0.25, -0.2) is 0 Å². The number of nitrogens with zero attached hydrogens (tertiary/aromatic N) is 1. The first-order chi connectivity index (χ1) is 33.2. The van der Waals surface area contributed by atoms with Crippen molar-refractivity contribution < 1.29 is 0 Å². The van der Waals surface area contributed by atoms with Gasteiger partial charge in [0, 0.05) is 44.1 Å². The summed E-state index contributed by atoms with van der Waals surface area (Å²) in [7, 11) is 0. The predicted molar refractivity (Wildman–Crippen MR) is 295 cm³/mol. The molecule has 2 aliphatic heterocycles. The van der Waals surface area contributed by atoms with Crippen LogP contribution in [0, 0.1) is 0 Å². The minimum Gasteiger partial charge on any atom is -0.376 e. The number of hydrogen-bond acceptors (Lipinski definition) is 0. The first-order valence-electron chi connectivity index (χ1n) is 26.1. The molecule has 69 heavy (non-hydrogen) atoms. The van der Waals surface area contributed by atoms with Crippen molar-refractivity contribution in [1.29, 1.82) is 0 Å². The largest absolute Gasteiger partial charge is 0.376 e. The summed E-state index contributed by atoms with van der Waals surface area (Å²) < 4.78 is 2.86. The van der Waals surface area contributed by atoms with E-state index in [9.17, 15) is 0 Å². The molecule has 0 bridgehead atoms. The van der Waals surface area contributed by atoms with E-state index in [0.29, 0.717) is 0 Å². The fourth-order valence-corrected chi connectivity index (χ4v) is 14.9. The van der Waals surface area contributed by atoms with E-state index < -0.39 is 0 Å². The highest BCUT2D eigenvalue weighted by Crippen LogP contribution is 2.64. The van der Waals surface area contributed by atoms with Gasteiger partial charge < -0.3 is 4.48 Å². The third-order valence-electron chi connectivity index (χ3n) is 18.6. The average Bonchev–Trinajstić information content (AvgIpc) is 3.89. The van der Waals surface area contributed by atoms with E-state index in [0.717, 1.165) is 6.42 Å². The smallest absolute Gasteiger partial charge is 0.326 e. The van der Waals surface area contributed by atoms with Gasteiger partial charge >= 0.3 is 6.85 Å². The Hall–Kier alpha value is -6.38. The first-order valence-corrected chi connectivity index (χ1v) is 26.1. The molecule has 1 atom stereocenters. The topological polar surface area (TPSA) is 4.93 Å². The van der Waals surface area contributed by atoms with E-state index >= 15 is 0 Å². The molecule has 1 aromatic heterocycles. The normalized spacial score (nSPS) is 19.1. The van der Waals surface area contributed by atoms with Gasteiger partial charge in [-0.3, -0.25) is 0 Å². The predicted octanol–water partition coefficient (Wildman–Crippen LogP) is 16.8. The number of fused-ring (bicyclic) bond motifs is 14. The molecule has 3 aliphatic carbocycles. The van der Waals surface area contributed by atoms with Crippen molar-refractivity contribution in [2.45, 2.75) is 122 Å². The van der Waals surface area contributed by atoms with Crippen LogP contribution in [0.2, 0.25) is 0 Å². The maximum Gasteiger partial charge on any atom is 0.326 e. The highest BCUT2D eigenvalue weighted by Gasteiger charge is 2.56. The molecule has 5 aliphatic rings. The molecule has 0 spiro atoms. The minimum atomic E-state index is -0.272. The lowest BCUT2D eigenvalue weighted by Crippen LogP contribution is -2.52. The molecule has 0 saturated carbocycles. The van der Waals surface area contributed by atoms with Gasteiger partial charge in [0.1, 0.15) is 0 Å². The molecule has 14 rings (SSSR count). The molecule has 0 radical (unpaired) electrons. The van der Waals surface area contributed by atoms with Crippen molar-refractivity contribution in [3.05, 3.63) is 201 Å². The Morgan fingerprint density at radius 3 is 1.99 bits per heavy atom. The van der Waals surface area contributed by atoms with E-state index in [1.54, 1.807) is 22.2 Å². The zero-order chi connectivity index (χ0) is 47.1. The third-order valence-corrected chi connectivity index (χ3v) is 18.6. The summed E-state index contributed by atoms with van der Waals surface area (Å²) in [6.07, 6.45) is 5.84. The van der Waals surface area contributed by atoms with Gasteiger partial charge in [-0.05, 0) is 148 Å². The van der Waals surface area contributed by atoms with E-state index in [4.69, 9.17) is 0 Å². The van der Waals surface area contributed by atoms with Crippen LogP contribution in [0.1, 0.15) is 144 Å². The van der Waals surface area contributed by atoms with Gasteiger partial charge in [-0.2, -0.15) is 0 Å². The van der Waals surface area contributed by atoms with Crippen molar-refractivity contribution >= 4 is 50.5 Å². The standard InChI is InChI=1S/C67H62BN/c1-10-11-20-39-29-30-43(47(33-39)40-21-13-12-14-22-40)58-59-50-37-53-54(65(4,5)32-31-64(53,2)3)38-52(50)67(8,9)63(59)68-61-49(36-55-57(60(58)61)46-25-17-18-28-51(46)66(55,6)7)45-27-19-26-44-48-34-41-23-15-16-24-42(41)35-56(48)69(68)62(44)45/h12-19,21-30,33-38,58H,10-11,20,31-32H2,1-9H3. The fraction of sp³-hybridized carbons (Fsp3) is 0.284. The highest BCUT2D eigenvalue weighted by molar-refractivity contribution is 6.84. The molecule has 8 aromatic carbocycles. The fourth-order valence-electron chi connectivity index (χ4n) is 14.9. The third kappa shape index (κ3) is 5.39. The SMILES string of the molecule is CCCCc1ccc(C2C3=C(B4c5c(cc6c(c52)-c2ccccc2C6(C)C)-c2cccc5c6cc7ccccc7cc6n4c25)C(C)(C)c2cc4c(cc23)C(C)(C)CCC4(C)C)c(-c2ccccc2)c1. The van der Waals surface area contributed by atoms with Crippen LogP contribution in [0.3, 0.4) is 0 Å². The number of rotatable bonds is 5. The maximum absolute atomic E-state index is 2.86. The summed E-state index contributed by atoms with van der Waals surface area (Å²) in [5.41, 5.74) is 28.7. The van der Waals surface area contributed by atoms with Gasteiger partial charge in [-0.15, -0.1) is 0 Å². The average molecular weight is 892 g/mol. The van der Waals surface area contributed by atoms with Crippen molar-refractivity contribution in [3.63, 3.8) is 0 Å². The second-order valence-electron chi connectivity index (χ2n) is 24.0. The van der Waals surface area contributed by atoms with E-state index in [1.165, 1.54) is 136 Å². The summed E-state index contributed by atoms with van der Waals surface area (Å²) in [5, 5.41) is 5.30. The van der Waals surface area contributed by atoms with Gasteiger partial charge in [0.05, 0.1) is 0 Å². The van der Waals surface area contributed by atoms with Gasteiger partial charge in [-0.1, -0.05) is 208 Å². The van der Waals surface area contributed by atoms with E-state index in [-0.39, 0.29) is 34.4 Å². The number of para-hydroxylation sites is 1. The van der Waals surface area contributed by atoms with Crippen LogP contribution in [0.4, 0.5) is 0 Å². The van der Waals surface area contributed by atoms with Crippen LogP contribution in [-0.2, 0) is 28.1 Å². The minimum absolute atomic E-state index is 0.0112. The Kier molecular flexibility index (Phi) is 8.38. The van der Waals surface area contributed by atoms with E-state index in [1.807, 2.05) is 0 Å². The Balaban J connectivity index is 1.21. The summed E-state index contributed by atoms with van der Waals surface area (Å²) in [5.74, 6) is -0.0148. The Morgan fingerprint density at radius 2 is 1.22 bits per heavy atom. The summed E-state index contributed by atoms with van der Waals surface area (Å²) in [4.78, 5) is 0. The van der Waals surface area contributed by atoms with Gasteiger partial charge in [0.15, 0.2) is 0 Å². The lowest BCUT2D eigenvalue weighted by Gasteiger charge is -2.43. The molecule has 338 valence electrons. The summed E-state index contributed by atoms with van der Waals surface area (Å²) in [6, 6.07) is 57.9. The maximum atomic E-state index is 2.86. The number of aromatic nitrogens is 1. The van der Waals surface area contributed by atoms with Crippen LogP contribution >= 0.6 is 0 Å². The van der Waals surface area contributed by atoms with Crippen LogP contribution in [0.15, 0.2) is 151 Å². The number of benzene rings is 8. The van der Waals surface area contributed by atoms with Crippen LogP contribution in [0.5, 0.6) is 0 Å². The second-order valence-corrected chi connectivity index (χ2v) is 24.0. The molecule has 9 aromatic rings. The van der Waals surface area contributed by atoms with Crippen molar-refractivity contribution in [2.75, 3.05) is 0 Å². The summed E-state index contributed by atoms with van der Waals surface area (Å²) in [6.45, 7) is 22.5. The molecule has 3 heterocycles. The van der Waals surface area contributed by atoms with Crippen molar-refractivity contribution in [1.82, 2.24) is 4.48 Å².